The van der Waals surface area contributed by atoms with Crippen molar-refractivity contribution >= 4 is 16.8 Å². The minimum atomic E-state index is -0.588. The molecule has 0 aliphatic rings. The molecule has 0 saturated heterocycles. The van der Waals surface area contributed by atoms with E-state index in [9.17, 15) is 13.6 Å². The highest BCUT2D eigenvalue weighted by Crippen LogP contribution is 2.27. The molecule has 0 saturated carbocycles. The van der Waals surface area contributed by atoms with Crippen molar-refractivity contribution in [2.24, 2.45) is 5.73 Å². The Morgan fingerprint density at radius 2 is 1.85 bits per heavy atom. The Morgan fingerprint density at radius 3 is 2.56 bits per heavy atom. The Hall–Kier alpha value is -2.73. The van der Waals surface area contributed by atoms with Crippen molar-refractivity contribution in [3.05, 3.63) is 59.8 Å². The van der Waals surface area contributed by atoms with Gasteiger partial charge in [-0.25, -0.2) is 8.78 Å². The molecule has 0 spiro atoms. The number of nitrogens with two attached hydrogens (primary N) is 1. The number of hydrogen-bond donors (Lipinski definition) is 3. The Labute approximate surface area is 156 Å². The molecule has 0 bridgehead atoms. The maximum atomic E-state index is 14.6. The van der Waals surface area contributed by atoms with Crippen molar-refractivity contribution in [2.45, 2.75) is 32.2 Å². The predicted octanol–water partition coefficient (Wildman–Crippen LogP) is 4.36. The summed E-state index contributed by atoms with van der Waals surface area (Å²) in [5, 5.41) is 3.02. The molecule has 0 radical (unpaired) electrons. The lowest BCUT2D eigenvalue weighted by Gasteiger charge is -2.11. The van der Waals surface area contributed by atoms with Gasteiger partial charge in [-0.2, -0.15) is 0 Å². The average Bonchev–Trinajstić information content (AvgIpc) is 3.01. The third-order valence-corrected chi connectivity index (χ3v) is 4.59. The first kappa shape index (κ1) is 19.0. The van der Waals surface area contributed by atoms with Crippen LogP contribution in [0.2, 0.25) is 0 Å². The summed E-state index contributed by atoms with van der Waals surface area (Å²) in [5.41, 5.74) is 7.96. The third kappa shape index (κ3) is 4.34. The zero-order chi connectivity index (χ0) is 19.4. The molecule has 1 aromatic heterocycles. The minimum Gasteiger partial charge on any atom is -0.349 e. The van der Waals surface area contributed by atoms with Gasteiger partial charge in [-0.15, -0.1) is 0 Å². The number of benzene rings is 2. The number of halogens is 2. The van der Waals surface area contributed by atoms with Crippen LogP contribution in [0.5, 0.6) is 0 Å². The molecule has 0 unspecified atom stereocenters. The van der Waals surface area contributed by atoms with Crippen LogP contribution in [-0.2, 0) is 0 Å². The van der Waals surface area contributed by atoms with Gasteiger partial charge in [0.15, 0.2) is 5.82 Å². The summed E-state index contributed by atoms with van der Waals surface area (Å²) in [5.74, 6) is -1.42. The number of H-pyrrole nitrogens is 1. The maximum absolute atomic E-state index is 14.6. The van der Waals surface area contributed by atoms with E-state index >= 15 is 0 Å². The second-order valence-electron chi connectivity index (χ2n) is 6.69. The molecule has 1 amide bonds. The van der Waals surface area contributed by atoms with Gasteiger partial charge in [0.25, 0.3) is 5.91 Å². The van der Waals surface area contributed by atoms with Gasteiger partial charge >= 0.3 is 0 Å². The third-order valence-electron chi connectivity index (χ3n) is 4.59. The minimum absolute atomic E-state index is 0.107. The molecule has 0 aliphatic heterocycles. The van der Waals surface area contributed by atoms with Gasteiger partial charge in [-0.05, 0) is 41.8 Å². The van der Waals surface area contributed by atoms with Crippen molar-refractivity contribution in [3.63, 3.8) is 0 Å². The van der Waals surface area contributed by atoms with E-state index in [1.807, 2.05) is 0 Å². The largest absolute Gasteiger partial charge is 0.349 e. The van der Waals surface area contributed by atoms with Crippen molar-refractivity contribution in [2.75, 3.05) is 6.54 Å². The molecule has 6 heteroatoms. The molecule has 0 aliphatic carbocycles. The van der Waals surface area contributed by atoms with Crippen LogP contribution >= 0.6 is 0 Å². The van der Waals surface area contributed by atoms with Gasteiger partial charge in [-0.1, -0.05) is 38.0 Å². The highest BCUT2D eigenvalue weighted by atomic mass is 19.1. The molecule has 1 atom stereocenters. The van der Waals surface area contributed by atoms with E-state index < -0.39 is 11.7 Å². The van der Waals surface area contributed by atoms with Crippen molar-refractivity contribution in [3.8, 4) is 11.1 Å². The molecule has 1 heterocycles. The first-order valence-corrected chi connectivity index (χ1v) is 9.10. The summed E-state index contributed by atoms with van der Waals surface area (Å²) in [7, 11) is 0. The number of unbranched alkanes of at least 4 members (excludes halogenated alkanes) is 1. The van der Waals surface area contributed by atoms with E-state index in [0.717, 1.165) is 30.4 Å². The number of nitrogens with one attached hydrogen (secondary N) is 2. The van der Waals surface area contributed by atoms with Gasteiger partial charge in [-0.3, -0.25) is 4.79 Å². The van der Waals surface area contributed by atoms with E-state index in [1.54, 1.807) is 30.3 Å². The highest BCUT2D eigenvalue weighted by molar-refractivity contribution is 5.99. The summed E-state index contributed by atoms with van der Waals surface area (Å²) >= 11 is 0. The quantitative estimate of drug-likeness (QED) is 0.577. The fourth-order valence-electron chi connectivity index (χ4n) is 3.02. The number of aromatic nitrogens is 1. The second kappa shape index (κ2) is 8.31. The van der Waals surface area contributed by atoms with Crippen molar-refractivity contribution < 1.29 is 13.6 Å². The van der Waals surface area contributed by atoms with E-state index in [4.69, 9.17) is 5.73 Å². The Kier molecular flexibility index (Phi) is 5.86. The second-order valence-corrected chi connectivity index (χ2v) is 6.69. The topological polar surface area (TPSA) is 70.9 Å². The lowest BCUT2D eigenvalue weighted by molar-refractivity contribution is 0.0942. The summed E-state index contributed by atoms with van der Waals surface area (Å²) in [6.07, 6.45) is 2.84. The zero-order valence-corrected chi connectivity index (χ0v) is 15.2. The molecule has 3 aromatic rings. The fourth-order valence-corrected chi connectivity index (χ4v) is 3.02. The Morgan fingerprint density at radius 1 is 1.15 bits per heavy atom. The highest BCUT2D eigenvalue weighted by Gasteiger charge is 2.18. The summed E-state index contributed by atoms with van der Waals surface area (Å²) < 4.78 is 27.7. The summed E-state index contributed by atoms with van der Waals surface area (Å²) in [6.45, 7) is 2.37. The molecule has 27 heavy (non-hydrogen) atoms. The number of aromatic amines is 1. The lowest BCUT2D eigenvalue weighted by Crippen LogP contribution is -2.37. The molecular weight excluding hydrogens is 348 g/mol. The predicted molar refractivity (Wildman–Crippen MR) is 103 cm³/mol. The number of fused-ring (bicyclic) bond motifs is 1. The molecule has 3 rings (SSSR count). The smallest absolute Gasteiger partial charge is 0.270 e. The number of rotatable bonds is 7. The van der Waals surface area contributed by atoms with Gasteiger partial charge in [0, 0.05) is 23.5 Å². The Balaban J connectivity index is 1.79. The van der Waals surface area contributed by atoms with Crippen LogP contribution in [0.3, 0.4) is 0 Å². The van der Waals surface area contributed by atoms with Gasteiger partial charge in [0.2, 0.25) is 0 Å². The monoisotopic (exact) mass is 371 g/mol. The molecule has 2 aromatic carbocycles. The number of carbonyl (C=O) groups excluding carboxylic acids is 1. The summed E-state index contributed by atoms with van der Waals surface area (Å²) in [4.78, 5) is 15.2. The number of carbonyl (C=O) groups is 1. The van der Waals surface area contributed by atoms with Crippen LogP contribution in [0.25, 0.3) is 22.0 Å². The fraction of sp³-hybridized carbons (Fsp3) is 0.286. The van der Waals surface area contributed by atoms with Crippen molar-refractivity contribution in [1.82, 2.24) is 10.3 Å². The van der Waals surface area contributed by atoms with Crippen LogP contribution < -0.4 is 11.1 Å². The normalized spacial score (nSPS) is 12.3. The van der Waals surface area contributed by atoms with Crippen LogP contribution in [0, 0.1) is 11.6 Å². The molecular formula is C21H23F2N3O. The molecule has 4 N–H and O–H groups in total. The molecule has 4 nitrogen and oxygen atoms in total. The summed E-state index contributed by atoms with van der Waals surface area (Å²) in [6, 6.07) is 11.0. The van der Waals surface area contributed by atoms with Crippen LogP contribution in [0.1, 0.15) is 36.7 Å². The van der Waals surface area contributed by atoms with Crippen LogP contribution in [0.4, 0.5) is 8.78 Å². The van der Waals surface area contributed by atoms with E-state index in [1.165, 1.54) is 12.1 Å². The Bertz CT molecular complexity index is 934. The molecule has 142 valence electrons. The SMILES string of the molecule is CCCC[C@H](N)CNC(=O)c1[nH]c2cc(-c3ccc(F)cc3)ccc2c1F. The van der Waals surface area contributed by atoms with Gasteiger partial charge in [0.1, 0.15) is 11.5 Å². The zero-order valence-electron chi connectivity index (χ0n) is 15.2. The first-order chi connectivity index (χ1) is 13.0. The van der Waals surface area contributed by atoms with Gasteiger partial charge < -0.3 is 16.0 Å². The van der Waals surface area contributed by atoms with Crippen LogP contribution in [0.15, 0.2) is 42.5 Å². The number of hydrogen-bond acceptors (Lipinski definition) is 2. The maximum Gasteiger partial charge on any atom is 0.270 e. The van der Waals surface area contributed by atoms with E-state index in [0.29, 0.717) is 17.4 Å². The van der Waals surface area contributed by atoms with Crippen molar-refractivity contribution in [1.29, 1.82) is 0 Å². The number of amides is 1. The van der Waals surface area contributed by atoms with Crippen LogP contribution in [-0.4, -0.2) is 23.5 Å². The first-order valence-electron chi connectivity index (χ1n) is 9.10. The van der Waals surface area contributed by atoms with E-state index in [-0.39, 0.29) is 17.6 Å². The van der Waals surface area contributed by atoms with E-state index in [2.05, 4.69) is 17.2 Å². The van der Waals surface area contributed by atoms with Gasteiger partial charge in [0.05, 0.1) is 0 Å². The average molecular weight is 371 g/mol. The lowest BCUT2D eigenvalue weighted by atomic mass is 10.0. The standard InChI is InChI=1S/C21H23F2N3O/c1-2-3-4-16(24)12-25-21(27)20-19(23)17-10-7-14(11-18(17)26-20)13-5-8-15(22)9-6-13/h5-11,16,26H,2-4,12,24H2,1H3,(H,25,27)/t16-/m0/s1. The molecule has 0 fully saturated rings.